The fourth-order valence-corrected chi connectivity index (χ4v) is 3.31. The average Bonchev–Trinajstić information content (AvgIpc) is 3.18. The number of benzene rings is 1. The topological polar surface area (TPSA) is 68.0 Å². The summed E-state index contributed by atoms with van der Waals surface area (Å²) in [6, 6.07) is 11.4. The smallest absolute Gasteiger partial charge is 0.273 e. The minimum atomic E-state index is -0.242. The first kappa shape index (κ1) is 20.8. The van der Waals surface area contributed by atoms with Gasteiger partial charge < -0.3 is 9.84 Å². The molecular weight excluding hydrogens is 386 g/mol. The van der Waals surface area contributed by atoms with Crippen LogP contribution >= 0.6 is 11.6 Å². The third-order valence-corrected chi connectivity index (χ3v) is 4.83. The van der Waals surface area contributed by atoms with E-state index < -0.39 is 0 Å². The molecule has 1 amide bonds. The molecule has 0 radical (unpaired) electrons. The molecule has 3 aromatic rings. The summed E-state index contributed by atoms with van der Waals surface area (Å²) in [6.45, 7) is 4.66. The zero-order valence-corrected chi connectivity index (χ0v) is 17.4. The molecule has 0 atom stereocenters. The molecule has 2 heterocycles. The number of hydrogen-bond acceptors (Lipinski definition) is 4. The zero-order valence-electron chi connectivity index (χ0n) is 16.6. The van der Waals surface area contributed by atoms with E-state index in [0.29, 0.717) is 30.2 Å². The number of pyridine rings is 1. The third kappa shape index (κ3) is 5.78. The second kappa shape index (κ2) is 10.0. The van der Waals surface area contributed by atoms with Crippen LogP contribution in [-0.4, -0.2) is 22.6 Å². The number of nitrogens with zero attached hydrogens (tertiary/aromatic N) is 2. The Balaban J connectivity index is 1.58. The van der Waals surface area contributed by atoms with E-state index in [-0.39, 0.29) is 11.6 Å². The number of amides is 1. The second-order valence-electron chi connectivity index (χ2n) is 6.81. The first-order valence-corrected chi connectivity index (χ1v) is 10.0. The summed E-state index contributed by atoms with van der Waals surface area (Å²) in [5.41, 5.74) is 4.79. The van der Waals surface area contributed by atoms with E-state index in [4.69, 9.17) is 16.1 Å². The van der Waals surface area contributed by atoms with Gasteiger partial charge in [0.25, 0.3) is 5.91 Å². The fourth-order valence-electron chi connectivity index (χ4n) is 3.14. The van der Waals surface area contributed by atoms with Crippen LogP contribution in [0.1, 0.15) is 52.7 Å². The van der Waals surface area contributed by atoms with E-state index in [1.54, 1.807) is 18.5 Å². The summed E-state index contributed by atoms with van der Waals surface area (Å²) in [7, 11) is 0. The highest BCUT2D eigenvalue weighted by Gasteiger charge is 2.13. The number of hydrogen-bond donors (Lipinski definition) is 1. The van der Waals surface area contributed by atoms with E-state index in [9.17, 15) is 4.79 Å². The Morgan fingerprint density at radius 2 is 2.00 bits per heavy atom. The number of nitrogens with one attached hydrogen (secondary N) is 1. The molecule has 2 aromatic heterocycles. The van der Waals surface area contributed by atoms with Gasteiger partial charge in [-0.1, -0.05) is 35.8 Å². The van der Waals surface area contributed by atoms with Crippen LogP contribution in [0.2, 0.25) is 5.02 Å². The molecule has 0 aliphatic carbocycles. The Hall–Kier alpha value is -2.92. The van der Waals surface area contributed by atoms with Crippen molar-refractivity contribution in [2.24, 2.45) is 0 Å². The van der Waals surface area contributed by atoms with Gasteiger partial charge in [0, 0.05) is 36.4 Å². The van der Waals surface area contributed by atoms with Crippen LogP contribution in [0.3, 0.4) is 0 Å². The lowest BCUT2D eigenvalue weighted by Crippen LogP contribution is -2.25. The zero-order chi connectivity index (χ0) is 20.6. The SMILES string of the molecule is CC/C=C(/CCNC(=O)c1cc(Cc2ccncc2)on1)c1cc(Cl)ccc1C. The maximum absolute atomic E-state index is 12.4. The van der Waals surface area contributed by atoms with Gasteiger partial charge in [-0.25, -0.2) is 0 Å². The van der Waals surface area contributed by atoms with Crippen LogP contribution in [-0.2, 0) is 6.42 Å². The molecule has 6 heteroatoms. The number of aromatic nitrogens is 2. The van der Waals surface area contributed by atoms with Gasteiger partial charge in [0.05, 0.1) is 0 Å². The monoisotopic (exact) mass is 409 g/mol. The Bertz CT molecular complexity index is 996. The number of carbonyl (C=O) groups excluding carboxylic acids is 1. The molecule has 150 valence electrons. The lowest BCUT2D eigenvalue weighted by Gasteiger charge is -2.12. The molecule has 1 N–H and O–H groups in total. The summed E-state index contributed by atoms with van der Waals surface area (Å²) in [5, 5.41) is 7.53. The Morgan fingerprint density at radius 1 is 1.21 bits per heavy atom. The van der Waals surface area contributed by atoms with Gasteiger partial charge in [-0.05, 0) is 66.3 Å². The average molecular weight is 410 g/mol. The van der Waals surface area contributed by atoms with Crippen LogP contribution in [0.15, 0.2) is 59.4 Å². The molecule has 0 aliphatic heterocycles. The largest absolute Gasteiger partial charge is 0.360 e. The number of allylic oxidation sites excluding steroid dienone is 1. The van der Waals surface area contributed by atoms with Crippen molar-refractivity contribution in [2.75, 3.05) is 6.54 Å². The van der Waals surface area contributed by atoms with Crippen LogP contribution in [0.5, 0.6) is 0 Å². The van der Waals surface area contributed by atoms with E-state index in [2.05, 4.69) is 35.4 Å². The normalized spacial score (nSPS) is 11.5. The van der Waals surface area contributed by atoms with Crippen molar-refractivity contribution in [3.63, 3.8) is 0 Å². The minimum absolute atomic E-state index is 0.242. The molecular formula is C23H24ClN3O2. The number of carbonyl (C=O) groups is 1. The molecule has 0 unspecified atom stereocenters. The van der Waals surface area contributed by atoms with Crippen molar-refractivity contribution in [2.45, 2.75) is 33.1 Å². The van der Waals surface area contributed by atoms with Crippen LogP contribution < -0.4 is 5.32 Å². The minimum Gasteiger partial charge on any atom is -0.360 e. The first-order chi connectivity index (χ1) is 14.1. The number of aryl methyl sites for hydroxylation is 1. The van der Waals surface area contributed by atoms with Gasteiger partial charge in [-0.15, -0.1) is 0 Å². The van der Waals surface area contributed by atoms with Crippen molar-refractivity contribution < 1.29 is 9.32 Å². The summed E-state index contributed by atoms with van der Waals surface area (Å²) in [4.78, 5) is 16.4. The van der Waals surface area contributed by atoms with Crippen molar-refractivity contribution >= 4 is 23.1 Å². The standard InChI is InChI=1S/C23H24ClN3O2/c1-3-4-18(21-14-19(24)6-5-16(21)2)9-12-26-23(28)22-15-20(29-27-22)13-17-7-10-25-11-8-17/h4-8,10-11,14-15H,3,9,12-13H2,1-2H3,(H,26,28)/b18-4-. The first-order valence-electron chi connectivity index (χ1n) is 9.65. The molecule has 0 fully saturated rings. The van der Waals surface area contributed by atoms with Gasteiger partial charge in [-0.2, -0.15) is 0 Å². The highest BCUT2D eigenvalue weighted by atomic mass is 35.5. The molecule has 29 heavy (non-hydrogen) atoms. The van der Waals surface area contributed by atoms with Crippen molar-refractivity contribution in [3.05, 3.63) is 88.0 Å². The van der Waals surface area contributed by atoms with Crippen molar-refractivity contribution in [3.8, 4) is 0 Å². The summed E-state index contributed by atoms with van der Waals surface area (Å²) >= 11 is 6.17. The Kier molecular flexibility index (Phi) is 7.19. The summed E-state index contributed by atoms with van der Waals surface area (Å²) in [5.74, 6) is 0.399. The van der Waals surface area contributed by atoms with Gasteiger partial charge >= 0.3 is 0 Å². The van der Waals surface area contributed by atoms with E-state index in [0.717, 1.165) is 23.1 Å². The lowest BCUT2D eigenvalue weighted by atomic mass is 9.97. The summed E-state index contributed by atoms with van der Waals surface area (Å²) in [6.07, 6.45) is 7.82. The molecule has 0 saturated carbocycles. The fraction of sp³-hybridized carbons (Fsp3) is 0.261. The maximum atomic E-state index is 12.4. The quantitative estimate of drug-likeness (QED) is 0.552. The molecule has 3 rings (SSSR count). The number of rotatable bonds is 8. The van der Waals surface area contributed by atoms with Gasteiger partial charge in [0.2, 0.25) is 0 Å². The van der Waals surface area contributed by atoms with Crippen molar-refractivity contribution in [1.82, 2.24) is 15.5 Å². The molecule has 1 aromatic carbocycles. The molecule has 5 nitrogen and oxygen atoms in total. The molecule has 0 bridgehead atoms. The van der Waals surface area contributed by atoms with Gasteiger partial charge in [-0.3, -0.25) is 9.78 Å². The Labute approximate surface area is 175 Å². The molecule has 0 saturated heterocycles. The van der Waals surface area contributed by atoms with Crippen LogP contribution in [0.4, 0.5) is 0 Å². The van der Waals surface area contributed by atoms with E-state index in [1.807, 2.05) is 30.3 Å². The second-order valence-corrected chi connectivity index (χ2v) is 7.25. The summed E-state index contributed by atoms with van der Waals surface area (Å²) < 4.78 is 5.30. The highest BCUT2D eigenvalue weighted by Crippen LogP contribution is 2.25. The molecule has 0 spiro atoms. The van der Waals surface area contributed by atoms with Gasteiger partial charge in [0.1, 0.15) is 5.76 Å². The Morgan fingerprint density at radius 3 is 2.76 bits per heavy atom. The molecule has 0 aliphatic rings. The third-order valence-electron chi connectivity index (χ3n) is 4.60. The lowest BCUT2D eigenvalue weighted by molar-refractivity contribution is 0.0945. The van der Waals surface area contributed by atoms with Crippen LogP contribution in [0.25, 0.3) is 5.57 Å². The van der Waals surface area contributed by atoms with Gasteiger partial charge in [0.15, 0.2) is 5.69 Å². The van der Waals surface area contributed by atoms with Crippen molar-refractivity contribution in [1.29, 1.82) is 0 Å². The van der Waals surface area contributed by atoms with E-state index >= 15 is 0 Å². The van der Waals surface area contributed by atoms with Crippen LogP contribution in [0, 0.1) is 6.92 Å². The van der Waals surface area contributed by atoms with E-state index in [1.165, 1.54) is 5.57 Å². The highest BCUT2D eigenvalue weighted by molar-refractivity contribution is 6.30. The number of halogens is 1. The predicted octanol–water partition coefficient (Wildman–Crippen LogP) is 5.24. The maximum Gasteiger partial charge on any atom is 0.273 e. The predicted molar refractivity (Wildman–Crippen MR) is 115 cm³/mol.